The van der Waals surface area contributed by atoms with Gasteiger partial charge >= 0.3 is 0 Å². The van der Waals surface area contributed by atoms with Crippen molar-refractivity contribution in [1.29, 1.82) is 0 Å². The summed E-state index contributed by atoms with van der Waals surface area (Å²) in [5, 5.41) is 0. The number of nitrogens with zero attached hydrogens (tertiary/aromatic N) is 1. The van der Waals surface area contributed by atoms with E-state index < -0.39 is 15.7 Å². The van der Waals surface area contributed by atoms with Crippen LogP contribution >= 0.6 is 0 Å². The van der Waals surface area contributed by atoms with Gasteiger partial charge < -0.3 is 10.5 Å². The molecule has 0 radical (unpaired) electrons. The SMILES string of the molecule is CS(=O)(=O)c1cccnc1Oc1ccc(CN)c(F)c1. The molecule has 0 saturated carbocycles. The molecular weight excluding hydrogens is 283 g/mol. The lowest BCUT2D eigenvalue weighted by atomic mass is 10.2. The van der Waals surface area contributed by atoms with Crippen LogP contribution in [0.1, 0.15) is 5.56 Å². The summed E-state index contributed by atoms with van der Waals surface area (Å²) in [6.07, 6.45) is 2.45. The second-order valence-electron chi connectivity index (χ2n) is 4.14. The second kappa shape index (κ2) is 5.56. The normalized spacial score (nSPS) is 11.3. The van der Waals surface area contributed by atoms with Crippen molar-refractivity contribution in [3.63, 3.8) is 0 Å². The number of nitrogens with two attached hydrogens (primary N) is 1. The molecule has 2 rings (SSSR count). The fourth-order valence-electron chi connectivity index (χ4n) is 1.60. The molecule has 0 atom stereocenters. The van der Waals surface area contributed by atoms with Gasteiger partial charge in [0.25, 0.3) is 0 Å². The van der Waals surface area contributed by atoms with E-state index in [1.54, 1.807) is 0 Å². The molecule has 2 aromatic rings. The Morgan fingerprint density at radius 2 is 2.10 bits per heavy atom. The topological polar surface area (TPSA) is 82.3 Å². The highest BCUT2D eigenvalue weighted by molar-refractivity contribution is 7.90. The van der Waals surface area contributed by atoms with Crippen LogP contribution in [0.3, 0.4) is 0 Å². The minimum atomic E-state index is -3.48. The molecule has 1 aromatic heterocycles. The van der Waals surface area contributed by atoms with Crippen LogP contribution in [0.2, 0.25) is 0 Å². The molecule has 0 saturated heterocycles. The fraction of sp³-hybridized carbons (Fsp3) is 0.154. The molecule has 1 aromatic carbocycles. The van der Waals surface area contributed by atoms with Crippen LogP contribution in [-0.4, -0.2) is 19.7 Å². The Hall–Kier alpha value is -1.99. The van der Waals surface area contributed by atoms with Crippen molar-refractivity contribution in [2.45, 2.75) is 11.4 Å². The van der Waals surface area contributed by atoms with Gasteiger partial charge in [-0.3, -0.25) is 0 Å². The molecule has 20 heavy (non-hydrogen) atoms. The van der Waals surface area contributed by atoms with Crippen molar-refractivity contribution >= 4 is 9.84 Å². The van der Waals surface area contributed by atoms with Crippen molar-refractivity contribution in [1.82, 2.24) is 4.98 Å². The number of hydrogen-bond donors (Lipinski definition) is 1. The van der Waals surface area contributed by atoms with E-state index in [4.69, 9.17) is 10.5 Å². The van der Waals surface area contributed by atoms with Gasteiger partial charge in [0.2, 0.25) is 5.88 Å². The van der Waals surface area contributed by atoms with Crippen LogP contribution < -0.4 is 10.5 Å². The van der Waals surface area contributed by atoms with E-state index >= 15 is 0 Å². The first kappa shape index (κ1) is 14.4. The molecule has 0 fully saturated rings. The zero-order chi connectivity index (χ0) is 14.8. The lowest BCUT2D eigenvalue weighted by Crippen LogP contribution is -2.03. The monoisotopic (exact) mass is 296 g/mol. The number of halogens is 1. The lowest BCUT2D eigenvalue weighted by Gasteiger charge is -2.09. The first-order chi connectivity index (χ1) is 9.41. The van der Waals surface area contributed by atoms with Crippen LogP contribution in [0.15, 0.2) is 41.4 Å². The second-order valence-corrected chi connectivity index (χ2v) is 6.12. The van der Waals surface area contributed by atoms with Gasteiger partial charge in [0, 0.05) is 30.6 Å². The van der Waals surface area contributed by atoms with E-state index in [9.17, 15) is 12.8 Å². The number of rotatable bonds is 4. The van der Waals surface area contributed by atoms with Crippen molar-refractivity contribution in [2.24, 2.45) is 5.73 Å². The number of benzene rings is 1. The first-order valence-corrected chi connectivity index (χ1v) is 7.62. The van der Waals surface area contributed by atoms with E-state index in [1.165, 1.54) is 30.5 Å². The number of sulfone groups is 1. The molecule has 0 bridgehead atoms. The summed E-state index contributed by atoms with van der Waals surface area (Å²) < 4.78 is 42.1. The Labute approximate surface area is 116 Å². The highest BCUT2D eigenvalue weighted by Crippen LogP contribution is 2.27. The van der Waals surface area contributed by atoms with Gasteiger partial charge in [-0.25, -0.2) is 17.8 Å². The third kappa shape index (κ3) is 3.12. The summed E-state index contributed by atoms with van der Waals surface area (Å²) in [5.74, 6) is -0.444. The Morgan fingerprint density at radius 3 is 2.70 bits per heavy atom. The summed E-state index contributed by atoms with van der Waals surface area (Å²) in [6.45, 7) is 0.0737. The summed E-state index contributed by atoms with van der Waals surface area (Å²) in [6, 6.07) is 6.99. The van der Waals surface area contributed by atoms with Gasteiger partial charge in [-0.1, -0.05) is 6.07 Å². The van der Waals surface area contributed by atoms with Gasteiger partial charge in [0.15, 0.2) is 9.84 Å². The van der Waals surface area contributed by atoms with Gasteiger partial charge in [-0.05, 0) is 18.2 Å². The highest BCUT2D eigenvalue weighted by atomic mass is 32.2. The zero-order valence-corrected chi connectivity index (χ0v) is 11.5. The molecule has 0 aliphatic carbocycles. The Morgan fingerprint density at radius 1 is 1.35 bits per heavy atom. The average Bonchev–Trinajstić information content (AvgIpc) is 2.38. The van der Waals surface area contributed by atoms with E-state index in [-0.39, 0.29) is 23.1 Å². The van der Waals surface area contributed by atoms with Gasteiger partial charge in [0.05, 0.1) is 0 Å². The minimum Gasteiger partial charge on any atom is -0.438 e. The number of hydrogen-bond acceptors (Lipinski definition) is 5. The molecule has 2 N–H and O–H groups in total. The van der Waals surface area contributed by atoms with Gasteiger partial charge in [-0.15, -0.1) is 0 Å². The molecule has 0 aliphatic heterocycles. The van der Waals surface area contributed by atoms with E-state index in [2.05, 4.69) is 4.98 Å². The summed E-state index contributed by atoms with van der Waals surface area (Å²) in [7, 11) is -3.48. The Bertz CT molecular complexity index is 732. The highest BCUT2D eigenvalue weighted by Gasteiger charge is 2.16. The quantitative estimate of drug-likeness (QED) is 0.931. The van der Waals surface area contributed by atoms with Crippen LogP contribution in [0, 0.1) is 5.82 Å². The van der Waals surface area contributed by atoms with Crippen molar-refractivity contribution < 1.29 is 17.5 Å². The van der Waals surface area contributed by atoms with Gasteiger partial charge in [0.1, 0.15) is 16.5 Å². The lowest BCUT2D eigenvalue weighted by molar-refractivity contribution is 0.442. The summed E-state index contributed by atoms with van der Waals surface area (Å²) in [5.41, 5.74) is 5.71. The van der Waals surface area contributed by atoms with Crippen LogP contribution in [0.4, 0.5) is 4.39 Å². The predicted octanol–water partition coefficient (Wildman–Crippen LogP) is 1.88. The molecule has 5 nitrogen and oxygen atoms in total. The zero-order valence-electron chi connectivity index (χ0n) is 10.7. The molecule has 0 aliphatic rings. The molecular formula is C13H13FN2O3S. The Kier molecular flexibility index (Phi) is 4.01. The minimum absolute atomic E-state index is 0.0525. The number of aromatic nitrogens is 1. The van der Waals surface area contributed by atoms with Crippen LogP contribution in [-0.2, 0) is 16.4 Å². The van der Waals surface area contributed by atoms with Crippen LogP contribution in [0.5, 0.6) is 11.6 Å². The summed E-state index contributed by atoms with van der Waals surface area (Å²) in [4.78, 5) is 3.81. The fourth-order valence-corrected chi connectivity index (χ4v) is 2.34. The third-order valence-electron chi connectivity index (χ3n) is 2.59. The van der Waals surface area contributed by atoms with Crippen molar-refractivity contribution in [2.75, 3.05) is 6.26 Å². The largest absolute Gasteiger partial charge is 0.438 e. The predicted molar refractivity (Wildman–Crippen MR) is 71.7 cm³/mol. The van der Waals surface area contributed by atoms with Crippen LogP contribution in [0.25, 0.3) is 0 Å². The van der Waals surface area contributed by atoms with E-state index in [1.807, 2.05) is 0 Å². The molecule has 7 heteroatoms. The number of pyridine rings is 1. The third-order valence-corrected chi connectivity index (χ3v) is 3.70. The summed E-state index contributed by atoms with van der Waals surface area (Å²) >= 11 is 0. The van der Waals surface area contributed by atoms with Crippen molar-refractivity contribution in [3.8, 4) is 11.6 Å². The van der Waals surface area contributed by atoms with E-state index in [0.29, 0.717) is 5.56 Å². The molecule has 0 amide bonds. The molecule has 0 spiro atoms. The molecule has 1 heterocycles. The smallest absolute Gasteiger partial charge is 0.238 e. The molecule has 0 unspecified atom stereocenters. The Balaban J connectivity index is 2.38. The average molecular weight is 296 g/mol. The first-order valence-electron chi connectivity index (χ1n) is 5.73. The van der Waals surface area contributed by atoms with E-state index in [0.717, 1.165) is 12.3 Å². The van der Waals surface area contributed by atoms with Gasteiger partial charge in [-0.2, -0.15) is 0 Å². The van der Waals surface area contributed by atoms with Crippen molar-refractivity contribution in [3.05, 3.63) is 47.9 Å². The molecule has 106 valence electrons. The number of ether oxygens (including phenoxy) is 1. The maximum atomic E-state index is 13.6. The maximum absolute atomic E-state index is 13.6. The standard InChI is InChI=1S/C13H13FN2O3S/c1-20(17,18)12-3-2-6-16-13(12)19-10-5-4-9(8-15)11(14)7-10/h2-7H,8,15H2,1H3. The maximum Gasteiger partial charge on any atom is 0.238 e.